The zero-order valence-corrected chi connectivity index (χ0v) is 13.2. The number of rotatable bonds is 3. The lowest BCUT2D eigenvalue weighted by Crippen LogP contribution is -2.49. The molecule has 0 saturated heterocycles. The van der Waals surface area contributed by atoms with Gasteiger partial charge in [0.25, 0.3) is 0 Å². The average Bonchev–Trinajstić information content (AvgIpc) is 2.96. The topological polar surface area (TPSA) is 29.9 Å². The van der Waals surface area contributed by atoms with Gasteiger partial charge in [0.15, 0.2) is 0 Å². The number of nitrogens with one attached hydrogen (secondary N) is 1. The van der Waals surface area contributed by atoms with Crippen LogP contribution in [0.25, 0.3) is 11.1 Å². The fourth-order valence-electron chi connectivity index (χ4n) is 3.78. The minimum Gasteiger partial charge on any atom is -0.314 e. The highest BCUT2D eigenvalue weighted by Crippen LogP contribution is 2.41. The van der Waals surface area contributed by atoms with Gasteiger partial charge in [-0.3, -0.25) is 4.68 Å². The molecule has 0 bridgehead atoms. The zero-order valence-electron chi connectivity index (χ0n) is 13.2. The van der Waals surface area contributed by atoms with Crippen molar-refractivity contribution in [3.8, 4) is 11.1 Å². The molecule has 1 saturated carbocycles. The van der Waals surface area contributed by atoms with Gasteiger partial charge < -0.3 is 5.32 Å². The third-order valence-electron chi connectivity index (χ3n) is 4.91. The van der Waals surface area contributed by atoms with Gasteiger partial charge >= 0.3 is 0 Å². The number of likely N-dealkylation sites (N-methyl/N-ethyl adjacent to an activating group) is 1. The highest BCUT2D eigenvalue weighted by atomic mass is 15.3. The number of hydrogen-bond acceptors (Lipinski definition) is 2. The summed E-state index contributed by atoms with van der Waals surface area (Å²) in [5.74, 6) is 0. The molecule has 112 valence electrons. The van der Waals surface area contributed by atoms with Crippen molar-refractivity contribution in [2.75, 3.05) is 7.05 Å². The van der Waals surface area contributed by atoms with Gasteiger partial charge in [-0.2, -0.15) is 5.10 Å². The van der Waals surface area contributed by atoms with Gasteiger partial charge in [0, 0.05) is 17.8 Å². The van der Waals surface area contributed by atoms with E-state index < -0.39 is 0 Å². The van der Waals surface area contributed by atoms with Crippen LogP contribution in [0.2, 0.25) is 0 Å². The Balaban J connectivity index is 1.89. The van der Waals surface area contributed by atoms with Crippen molar-refractivity contribution in [1.29, 1.82) is 0 Å². The number of aromatic nitrogens is 2. The van der Waals surface area contributed by atoms with Gasteiger partial charge in [0.1, 0.15) is 0 Å². The summed E-state index contributed by atoms with van der Waals surface area (Å²) in [7, 11) is 2.08. The first-order valence-corrected chi connectivity index (χ1v) is 7.89. The molecule has 1 N–H and O–H groups in total. The summed E-state index contributed by atoms with van der Waals surface area (Å²) in [4.78, 5) is 0. The Kier molecular flexibility index (Phi) is 3.85. The summed E-state index contributed by atoms with van der Waals surface area (Å²) in [6, 6.07) is 11.4. The predicted octanol–water partition coefficient (Wildman–Crippen LogP) is 3.89. The lowest BCUT2D eigenvalue weighted by atomic mass is 9.71. The highest BCUT2D eigenvalue weighted by Gasteiger charge is 2.39. The Morgan fingerprint density at radius 1 is 1.19 bits per heavy atom. The summed E-state index contributed by atoms with van der Waals surface area (Å²) in [6.45, 7) is 4.73. The summed E-state index contributed by atoms with van der Waals surface area (Å²) in [6.07, 6.45) is 7.94. The van der Waals surface area contributed by atoms with Crippen LogP contribution in [-0.2, 0) is 0 Å². The van der Waals surface area contributed by atoms with Crippen LogP contribution in [0.15, 0.2) is 42.7 Å². The second kappa shape index (κ2) is 5.64. The first-order valence-electron chi connectivity index (χ1n) is 7.89. The van der Waals surface area contributed by atoms with Crippen molar-refractivity contribution in [2.45, 2.75) is 45.2 Å². The lowest BCUT2D eigenvalue weighted by molar-refractivity contribution is 0.112. The lowest BCUT2D eigenvalue weighted by Gasteiger charge is -2.44. The molecule has 1 aliphatic rings. The van der Waals surface area contributed by atoms with Crippen molar-refractivity contribution in [2.24, 2.45) is 5.41 Å². The van der Waals surface area contributed by atoms with Crippen molar-refractivity contribution >= 4 is 0 Å². The van der Waals surface area contributed by atoms with Crippen LogP contribution in [0.4, 0.5) is 0 Å². The summed E-state index contributed by atoms with van der Waals surface area (Å²) >= 11 is 0. The van der Waals surface area contributed by atoms with Gasteiger partial charge in [-0.15, -0.1) is 0 Å². The molecule has 3 heteroatoms. The third-order valence-corrected chi connectivity index (χ3v) is 4.91. The van der Waals surface area contributed by atoms with Crippen molar-refractivity contribution in [1.82, 2.24) is 15.1 Å². The minimum atomic E-state index is 0.316. The van der Waals surface area contributed by atoms with E-state index in [0.717, 1.165) is 0 Å². The standard InChI is InChI=1S/C18H25N3/c1-18(2)11-7-10-16(17(18)19-3)21-13-15(12-20-21)14-8-5-4-6-9-14/h4-6,8-9,12-13,16-17,19H,7,10-11H2,1-3H3. The SMILES string of the molecule is CNC1C(n2cc(-c3ccccc3)cn2)CCCC1(C)C. The van der Waals surface area contributed by atoms with Crippen molar-refractivity contribution in [3.05, 3.63) is 42.7 Å². The molecule has 2 unspecified atom stereocenters. The van der Waals surface area contributed by atoms with Crippen LogP contribution in [0.3, 0.4) is 0 Å². The van der Waals surface area contributed by atoms with E-state index in [-0.39, 0.29) is 0 Å². The third kappa shape index (κ3) is 2.75. The van der Waals surface area contributed by atoms with E-state index in [0.29, 0.717) is 17.5 Å². The van der Waals surface area contributed by atoms with Crippen molar-refractivity contribution in [3.63, 3.8) is 0 Å². The molecule has 1 fully saturated rings. The molecule has 0 spiro atoms. The van der Waals surface area contributed by atoms with E-state index in [1.54, 1.807) is 0 Å². The van der Waals surface area contributed by atoms with E-state index in [1.807, 2.05) is 6.20 Å². The minimum absolute atomic E-state index is 0.316. The van der Waals surface area contributed by atoms with Crippen LogP contribution >= 0.6 is 0 Å². The van der Waals surface area contributed by atoms with Gasteiger partial charge in [-0.05, 0) is 30.9 Å². The van der Waals surface area contributed by atoms with Crippen LogP contribution in [0.1, 0.15) is 39.2 Å². The molecule has 1 aliphatic carbocycles. The maximum absolute atomic E-state index is 4.66. The van der Waals surface area contributed by atoms with Crippen LogP contribution in [-0.4, -0.2) is 22.9 Å². The normalized spacial score (nSPS) is 24.9. The van der Waals surface area contributed by atoms with Crippen molar-refractivity contribution < 1.29 is 0 Å². The smallest absolute Gasteiger partial charge is 0.0677 e. The maximum Gasteiger partial charge on any atom is 0.0677 e. The summed E-state index contributed by atoms with van der Waals surface area (Å²) in [5, 5.41) is 8.19. The second-order valence-electron chi connectivity index (χ2n) is 6.79. The van der Waals surface area contributed by atoms with E-state index >= 15 is 0 Å². The molecule has 0 radical (unpaired) electrons. The number of nitrogens with zero attached hydrogens (tertiary/aromatic N) is 2. The monoisotopic (exact) mass is 283 g/mol. The van der Waals surface area contributed by atoms with Crippen LogP contribution < -0.4 is 5.32 Å². The van der Waals surface area contributed by atoms with Gasteiger partial charge in [0.05, 0.1) is 12.2 Å². The Bertz CT molecular complexity index is 586. The summed E-state index contributed by atoms with van der Waals surface area (Å²) < 4.78 is 2.17. The maximum atomic E-state index is 4.66. The Hall–Kier alpha value is -1.61. The molecular formula is C18H25N3. The first-order chi connectivity index (χ1) is 10.1. The Morgan fingerprint density at radius 2 is 1.95 bits per heavy atom. The molecular weight excluding hydrogens is 258 g/mol. The average molecular weight is 283 g/mol. The fourth-order valence-corrected chi connectivity index (χ4v) is 3.78. The molecule has 3 nitrogen and oxygen atoms in total. The second-order valence-corrected chi connectivity index (χ2v) is 6.79. The van der Waals surface area contributed by atoms with Crippen LogP contribution in [0, 0.1) is 5.41 Å². The molecule has 1 aromatic carbocycles. The summed E-state index contributed by atoms with van der Waals surface area (Å²) in [5.41, 5.74) is 2.75. The molecule has 3 rings (SSSR count). The quantitative estimate of drug-likeness (QED) is 0.926. The Morgan fingerprint density at radius 3 is 2.67 bits per heavy atom. The Labute approximate surface area is 127 Å². The van der Waals surface area contributed by atoms with Crippen LogP contribution in [0.5, 0.6) is 0 Å². The van der Waals surface area contributed by atoms with Gasteiger partial charge in [-0.1, -0.05) is 50.6 Å². The molecule has 0 aliphatic heterocycles. The molecule has 1 heterocycles. The number of benzene rings is 1. The van der Waals surface area contributed by atoms with Gasteiger partial charge in [-0.25, -0.2) is 0 Å². The zero-order chi connectivity index (χ0) is 14.9. The fraction of sp³-hybridized carbons (Fsp3) is 0.500. The molecule has 2 atom stereocenters. The number of hydrogen-bond donors (Lipinski definition) is 1. The predicted molar refractivity (Wildman–Crippen MR) is 87.2 cm³/mol. The van der Waals surface area contributed by atoms with E-state index in [1.165, 1.54) is 30.4 Å². The first kappa shape index (κ1) is 14.3. The largest absolute Gasteiger partial charge is 0.314 e. The molecule has 0 amide bonds. The van der Waals surface area contributed by atoms with E-state index in [9.17, 15) is 0 Å². The van der Waals surface area contributed by atoms with E-state index in [4.69, 9.17) is 0 Å². The highest BCUT2D eigenvalue weighted by molar-refractivity contribution is 5.61. The van der Waals surface area contributed by atoms with E-state index in [2.05, 4.69) is 72.5 Å². The molecule has 1 aromatic heterocycles. The van der Waals surface area contributed by atoms with Gasteiger partial charge in [0.2, 0.25) is 0 Å². The molecule has 2 aromatic rings. The molecule has 21 heavy (non-hydrogen) atoms.